The number of nitrogens with two attached hydrogens (primary N) is 1. The summed E-state index contributed by atoms with van der Waals surface area (Å²) in [6.45, 7) is 5.30. The number of nitrogens with zero attached hydrogens (tertiary/aromatic N) is 3. The van der Waals surface area contributed by atoms with E-state index >= 15 is 0 Å². The molecule has 9 nitrogen and oxygen atoms in total. The fraction of sp³-hybridized carbons (Fsp3) is 0.211. The first-order chi connectivity index (χ1) is 14.2. The van der Waals surface area contributed by atoms with Crippen LogP contribution in [0.1, 0.15) is 39.4 Å². The average Bonchev–Trinajstić information content (AvgIpc) is 3.11. The van der Waals surface area contributed by atoms with Crippen LogP contribution in [0.15, 0.2) is 30.5 Å². The van der Waals surface area contributed by atoms with Crippen molar-refractivity contribution < 1.29 is 18.7 Å². The Labute approximate surface area is 175 Å². The summed E-state index contributed by atoms with van der Waals surface area (Å²) in [4.78, 5) is 29.0. The minimum atomic E-state index is -0.739. The van der Waals surface area contributed by atoms with Crippen molar-refractivity contribution >= 4 is 39.8 Å². The van der Waals surface area contributed by atoms with Gasteiger partial charge in [-0.15, -0.1) is 10.2 Å². The second-order valence-electron chi connectivity index (χ2n) is 6.54. The molecule has 0 aliphatic heterocycles. The molecule has 0 aliphatic rings. The molecule has 0 unspecified atom stereocenters. The maximum Gasteiger partial charge on any atom is 0.267 e. The predicted molar refractivity (Wildman–Crippen MR) is 111 cm³/mol. The zero-order chi connectivity index (χ0) is 21.8. The van der Waals surface area contributed by atoms with Crippen LogP contribution in [0.25, 0.3) is 0 Å². The van der Waals surface area contributed by atoms with Crippen LogP contribution in [0.5, 0.6) is 5.88 Å². The summed E-state index contributed by atoms with van der Waals surface area (Å²) in [6.07, 6.45) is 1.27. The maximum absolute atomic E-state index is 14.4. The predicted octanol–water partition coefficient (Wildman–Crippen LogP) is 3.25. The van der Waals surface area contributed by atoms with Crippen LogP contribution in [-0.4, -0.2) is 33.1 Å². The maximum atomic E-state index is 14.4. The fourth-order valence-electron chi connectivity index (χ4n) is 2.43. The zero-order valence-electron chi connectivity index (χ0n) is 16.4. The molecule has 4 N–H and O–H groups in total. The topological polar surface area (TPSA) is 132 Å². The van der Waals surface area contributed by atoms with Gasteiger partial charge in [0.15, 0.2) is 10.9 Å². The van der Waals surface area contributed by atoms with Gasteiger partial charge >= 0.3 is 0 Å². The van der Waals surface area contributed by atoms with Gasteiger partial charge in [-0.25, -0.2) is 9.37 Å². The SMILES string of the molecule is Cc1cc(F)c(C(=O)Nc2ccc(OC(C)C)nn2)cc1NC(=O)c1cnc(N)s1. The lowest BCUT2D eigenvalue weighted by Gasteiger charge is -2.12. The molecule has 0 bridgehead atoms. The van der Waals surface area contributed by atoms with E-state index in [1.54, 1.807) is 13.0 Å². The quantitative estimate of drug-likeness (QED) is 0.547. The first-order valence-electron chi connectivity index (χ1n) is 8.87. The fourth-order valence-corrected chi connectivity index (χ4v) is 3.01. The minimum absolute atomic E-state index is 0.0728. The van der Waals surface area contributed by atoms with Crippen LogP contribution in [0.3, 0.4) is 0 Å². The Balaban J connectivity index is 1.77. The smallest absolute Gasteiger partial charge is 0.267 e. The Morgan fingerprint density at radius 2 is 1.93 bits per heavy atom. The van der Waals surface area contributed by atoms with E-state index < -0.39 is 17.6 Å². The van der Waals surface area contributed by atoms with Crippen molar-refractivity contribution in [1.82, 2.24) is 15.2 Å². The third kappa shape index (κ3) is 5.06. The van der Waals surface area contributed by atoms with Gasteiger partial charge < -0.3 is 21.1 Å². The molecular weight excluding hydrogens is 411 g/mol. The Hall–Kier alpha value is -3.60. The van der Waals surface area contributed by atoms with Crippen molar-refractivity contribution in [1.29, 1.82) is 0 Å². The first kappa shape index (κ1) is 21.1. The molecule has 3 rings (SSSR count). The number of ether oxygens (including phenoxy) is 1. The summed E-state index contributed by atoms with van der Waals surface area (Å²) in [5.74, 6) is -1.51. The van der Waals surface area contributed by atoms with Crippen LogP contribution in [0.2, 0.25) is 0 Å². The molecule has 0 saturated heterocycles. The van der Waals surface area contributed by atoms with Gasteiger partial charge in [0.2, 0.25) is 5.88 Å². The molecule has 0 atom stereocenters. The molecule has 11 heteroatoms. The van der Waals surface area contributed by atoms with Crippen molar-refractivity contribution in [3.05, 3.63) is 52.3 Å². The minimum Gasteiger partial charge on any atom is -0.474 e. The molecule has 0 saturated carbocycles. The number of amides is 2. The third-order valence-corrected chi connectivity index (χ3v) is 4.62. The number of aromatic nitrogens is 3. The summed E-state index contributed by atoms with van der Waals surface area (Å²) in [5, 5.41) is 13.0. The number of aryl methyl sites for hydroxylation is 1. The van der Waals surface area contributed by atoms with E-state index in [1.165, 1.54) is 18.3 Å². The van der Waals surface area contributed by atoms with Crippen molar-refractivity contribution in [3.63, 3.8) is 0 Å². The number of thiazole rings is 1. The molecule has 1 aromatic carbocycles. The lowest BCUT2D eigenvalue weighted by atomic mass is 10.1. The molecule has 0 fully saturated rings. The van der Waals surface area contributed by atoms with Gasteiger partial charge in [0.1, 0.15) is 10.7 Å². The number of anilines is 3. The Morgan fingerprint density at radius 3 is 2.53 bits per heavy atom. The van der Waals surface area contributed by atoms with Gasteiger partial charge in [-0.05, 0) is 44.5 Å². The van der Waals surface area contributed by atoms with E-state index in [2.05, 4.69) is 25.8 Å². The summed E-state index contributed by atoms with van der Waals surface area (Å²) in [6, 6.07) is 5.45. The number of nitrogen functional groups attached to an aromatic ring is 1. The van der Waals surface area contributed by atoms with Gasteiger partial charge in [-0.3, -0.25) is 9.59 Å². The number of carbonyl (C=O) groups excluding carboxylic acids is 2. The standard InChI is InChI=1S/C19H19FN6O3S/c1-9(2)29-16-5-4-15(25-26-16)24-17(27)11-7-13(10(3)6-12(11)20)23-18(28)14-8-22-19(21)30-14/h4-9H,1-3H3,(H2,21,22)(H,23,28)(H,24,25,27). The first-order valence-corrected chi connectivity index (χ1v) is 9.69. The summed E-state index contributed by atoms with van der Waals surface area (Å²) in [7, 11) is 0. The van der Waals surface area contributed by atoms with Crippen LogP contribution in [0, 0.1) is 12.7 Å². The number of benzene rings is 1. The molecule has 2 heterocycles. The van der Waals surface area contributed by atoms with Crippen molar-refractivity contribution in [2.75, 3.05) is 16.4 Å². The van der Waals surface area contributed by atoms with E-state index in [0.29, 0.717) is 16.3 Å². The highest BCUT2D eigenvalue weighted by molar-refractivity contribution is 7.17. The van der Waals surface area contributed by atoms with Crippen LogP contribution in [0.4, 0.5) is 21.0 Å². The monoisotopic (exact) mass is 430 g/mol. The molecule has 2 aromatic heterocycles. The average molecular weight is 430 g/mol. The molecule has 0 aliphatic carbocycles. The summed E-state index contributed by atoms with van der Waals surface area (Å²) in [5.41, 5.74) is 6.01. The Kier molecular flexibility index (Phi) is 6.21. The van der Waals surface area contributed by atoms with Crippen LogP contribution >= 0.6 is 11.3 Å². The molecular formula is C19H19FN6O3S. The summed E-state index contributed by atoms with van der Waals surface area (Å²) < 4.78 is 19.8. The van der Waals surface area contributed by atoms with Gasteiger partial charge in [0, 0.05) is 11.8 Å². The lowest BCUT2D eigenvalue weighted by molar-refractivity contribution is 0.101. The molecule has 3 aromatic rings. The van der Waals surface area contributed by atoms with E-state index in [1.807, 2.05) is 13.8 Å². The molecule has 30 heavy (non-hydrogen) atoms. The van der Waals surface area contributed by atoms with E-state index in [4.69, 9.17) is 10.5 Å². The number of rotatable bonds is 6. The van der Waals surface area contributed by atoms with E-state index in [0.717, 1.165) is 17.4 Å². The Morgan fingerprint density at radius 1 is 1.17 bits per heavy atom. The third-order valence-electron chi connectivity index (χ3n) is 3.79. The Bertz CT molecular complexity index is 1080. The number of carbonyl (C=O) groups is 2. The normalized spacial score (nSPS) is 10.7. The highest BCUT2D eigenvalue weighted by Gasteiger charge is 2.18. The molecule has 0 radical (unpaired) electrons. The van der Waals surface area contributed by atoms with Gasteiger partial charge in [0.05, 0.1) is 17.9 Å². The van der Waals surface area contributed by atoms with Gasteiger partial charge in [0.25, 0.3) is 11.8 Å². The second-order valence-corrected chi connectivity index (χ2v) is 7.60. The molecule has 2 amide bonds. The highest BCUT2D eigenvalue weighted by Crippen LogP contribution is 2.23. The number of hydrogen-bond acceptors (Lipinski definition) is 8. The largest absolute Gasteiger partial charge is 0.474 e. The number of nitrogens with one attached hydrogen (secondary N) is 2. The highest BCUT2D eigenvalue weighted by atomic mass is 32.1. The van der Waals surface area contributed by atoms with E-state index in [9.17, 15) is 14.0 Å². The lowest BCUT2D eigenvalue weighted by Crippen LogP contribution is -2.17. The van der Waals surface area contributed by atoms with Gasteiger partial charge in [-0.2, -0.15) is 0 Å². The van der Waals surface area contributed by atoms with Gasteiger partial charge in [-0.1, -0.05) is 11.3 Å². The van der Waals surface area contributed by atoms with Crippen molar-refractivity contribution in [2.45, 2.75) is 26.9 Å². The molecule has 0 spiro atoms. The van der Waals surface area contributed by atoms with E-state index in [-0.39, 0.29) is 28.3 Å². The molecule has 156 valence electrons. The van der Waals surface area contributed by atoms with Crippen LogP contribution in [-0.2, 0) is 0 Å². The number of halogens is 1. The van der Waals surface area contributed by atoms with Crippen LogP contribution < -0.4 is 21.1 Å². The van der Waals surface area contributed by atoms with Crippen molar-refractivity contribution in [2.24, 2.45) is 0 Å². The van der Waals surface area contributed by atoms with Crippen molar-refractivity contribution in [3.8, 4) is 5.88 Å². The number of hydrogen-bond donors (Lipinski definition) is 3. The zero-order valence-corrected chi connectivity index (χ0v) is 17.2. The second kappa shape index (κ2) is 8.82. The summed E-state index contributed by atoms with van der Waals surface area (Å²) >= 11 is 1.02.